The summed E-state index contributed by atoms with van der Waals surface area (Å²) in [6.45, 7) is 6.36. The lowest BCUT2D eigenvalue weighted by Gasteiger charge is -2.42. The van der Waals surface area contributed by atoms with E-state index in [1.54, 1.807) is 0 Å². The fraction of sp³-hybridized carbons (Fsp3) is 0.917. The molecule has 0 aromatic rings. The number of nitrogens with zero attached hydrogens (tertiary/aromatic N) is 2. The van der Waals surface area contributed by atoms with Crippen molar-refractivity contribution < 1.29 is 4.79 Å². The van der Waals surface area contributed by atoms with E-state index >= 15 is 0 Å². The minimum Gasteiger partial charge on any atom is -0.328 e. The van der Waals surface area contributed by atoms with Gasteiger partial charge in [0.1, 0.15) is 6.29 Å². The fourth-order valence-corrected chi connectivity index (χ4v) is 2.57. The molecule has 5 nitrogen and oxygen atoms in total. The highest BCUT2D eigenvalue weighted by atomic mass is 16.2. The standard InChI is InChI=1S/C12H24N4O/c1-3-4-10-9-11(17)14-12(13-10)16-7-5-15(2)6-8-16/h10,12-13H,3-9H2,1-2H3,(H,14,17). The lowest BCUT2D eigenvalue weighted by Crippen LogP contribution is -2.66. The Morgan fingerprint density at radius 1 is 1.29 bits per heavy atom. The maximum absolute atomic E-state index is 11.7. The van der Waals surface area contributed by atoms with Crippen molar-refractivity contribution in [3.05, 3.63) is 0 Å². The van der Waals surface area contributed by atoms with Gasteiger partial charge in [-0.25, -0.2) is 0 Å². The topological polar surface area (TPSA) is 47.6 Å². The monoisotopic (exact) mass is 240 g/mol. The minimum absolute atomic E-state index is 0.0431. The molecule has 1 amide bonds. The van der Waals surface area contributed by atoms with E-state index in [2.05, 4.69) is 34.4 Å². The molecule has 2 unspecified atom stereocenters. The zero-order valence-corrected chi connectivity index (χ0v) is 10.9. The molecule has 0 spiro atoms. The van der Waals surface area contributed by atoms with Crippen LogP contribution in [0.3, 0.4) is 0 Å². The second-order valence-corrected chi connectivity index (χ2v) is 5.17. The maximum atomic E-state index is 11.7. The summed E-state index contributed by atoms with van der Waals surface area (Å²) in [5.41, 5.74) is 0. The van der Waals surface area contributed by atoms with Crippen molar-refractivity contribution >= 4 is 5.91 Å². The third kappa shape index (κ3) is 3.40. The van der Waals surface area contributed by atoms with Gasteiger partial charge in [0.15, 0.2) is 0 Å². The van der Waals surface area contributed by atoms with E-state index in [0.29, 0.717) is 12.5 Å². The van der Waals surface area contributed by atoms with Crippen LogP contribution in [-0.4, -0.2) is 61.3 Å². The molecule has 2 heterocycles. The van der Waals surface area contributed by atoms with Crippen molar-refractivity contribution in [3.8, 4) is 0 Å². The number of hydrogen-bond donors (Lipinski definition) is 2. The summed E-state index contributed by atoms with van der Waals surface area (Å²) in [6.07, 6.45) is 2.87. The van der Waals surface area contributed by atoms with Crippen molar-refractivity contribution in [2.24, 2.45) is 0 Å². The molecule has 2 aliphatic rings. The van der Waals surface area contributed by atoms with Crippen LogP contribution in [0.1, 0.15) is 26.2 Å². The van der Waals surface area contributed by atoms with Crippen LogP contribution in [0.4, 0.5) is 0 Å². The summed E-state index contributed by atoms with van der Waals surface area (Å²) >= 11 is 0. The Balaban J connectivity index is 1.88. The maximum Gasteiger partial charge on any atom is 0.223 e. The van der Waals surface area contributed by atoms with Gasteiger partial charge in [0, 0.05) is 38.6 Å². The zero-order chi connectivity index (χ0) is 12.3. The van der Waals surface area contributed by atoms with Crippen LogP contribution in [0.2, 0.25) is 0 Å². The molecular weight excluding hydrogens is 216 g/mol. The first-order valence-electron chi connectivity index (χ1n) is 6.67. The SMILES string of the molecule is CCCC1CC(=O)NC(N2CCN(C)CC2)N1. The number of hydrogen-bond acceptors (Lipinski definition) is 4. The molecule has 0 aliphatic carbocycles. The largest absolute Gasteiger partial charge is 0.328 e. The van der Waals surface area contributed by atoms with E-state index in [4.69, 9.17) is 0 Å². The Morgan fingerprint density at radius 2 is 2.00 bits per heavy atom. The first-order valence-corrected chi connectivity index (χ1v) is 6.67. The Bertz CT molecular complexity index is 263. The van der Waals surface area contributed by atoms with E-state index in [0.717, 1.165) is 39.0 Å². The second kappa shape index (κ2) is 5.80. The van der Waals surface area contributed by atoms with Crippen LogP contribution in [0.15, 0.2) is 0 Å². The molecule has 0 radical (unpaired) electrons. The Labute approximate surface area is 104 Å². The van der Waals surface area contributed by atoms with Gasteiger partial charge in [0.25, 0.3) is 0 Å². The number of carbonyl (C=O) groups is 1. The van der Waals surface area contributed by atoms with E-state index < -0.39 is 0 Å². The van der Waals surface area contributed by atoms with Crippen LogP contribution in [0.25, 0.3) is 0 Å². The molecule has 17 heavy (non-hydrogen) atoms. The average molecular weight is 240 g/mol. The summed E-state index contributed by atoms with van der Waals surface area (Å²) in [7, 11) is 2.14. The summed E-state index contributed by atoms with van der Waals surface area (Å²) in [4.78, 5) is 16.3. The Morgan fingerprint density at radius 3 is 2.65 bits per heavy atom. The van der Waals surface area contributed by atoms with Crippen LogP contribution < -0.4 is 10.6 Å². The van der Waals surface area contributed by atoms with E-state index in [1.807, 2.05) is 0 Å². The van der Waals surface area contributed by atoms with Crippen LogP contribution in [0, 0.1) is 0 Å². The van der Waals surface area contributed by atoms with Crippen LogP contribution in [-0.2, 0) is 4.79 Å². The van der Waals surface area contributed by atoms with Crippen molar-refractivity contribution in [2.45, 2.75) is 38.5 Å². The predicted molar refractivity (Wildman–Crippen MR) is 67.4 cm³/mol. The first kappa shape index (κ1) is 12.8. The van der Waals surface area contributed by atoms with E-state index in [-0.39, 0.29) is 12.2 Å². The van der Waals surface area contributed by atoms with E-state index in [9.17, 15) is 4.79 Å². The fourth-order valence-electron chi connectivity index (χ4n) is 2.57. The molecule has 2 fully saturated rings. The van der Waals surface area contributed by atoms with Crippen LogP contribution in [0.5, 0.6) is 0 Å². The highest BCUT2D eigenvalue weighted by Crippen LogP contribution is 2.11. The average Bonchev–Trinajstić information content (AvgIpc) is 2.29. The Hall–Kier alpha value is -0.650. The molecule has 0 bridgehead atoms. The molecule has 2 atom stereocenters. The van der Waals surface area contributed by atoms with Gasteiger partial charge in [0.05, 0.1) is 0 Å². The number of likely N-dealkylation sites (N-methyl/N-ethyl adjacent to an activating group) is 1. The number of nitrogens with one attached hydrogen (secondary N) is 2. The predicted octanol–water partition coefficient (Wildman–Crippen LogP) is -0.204. The number of amides is 1. The second-order valence-electron chi connectivity index (χ2n) is 5.17. The molecule has 0 saturated carbocycles. The molecule has 2 aliphatic heterocycles. The van der Waals surface area contributed by atoms with Crippen molar-refractivity contribution in [1.82, 2.24) is 20.4 Å². The van der Waals surface area contributed by atoms with Gasteiger partial charge in [0.2, 0.25) is 5.91 Å². The lowest BCUT2D eigenvalue weighted by molar-refractivity contribution is -0.127. The van der Waals surface area contributed by atoms with Gasteiger partial charge < -0.3 is 10.2 Å². The molecule has 2 rings (SSSR count). The summed E-state index contributed by atoms with van der Waals surface area (Å²) in [6, 6.07) is 0.346. The van der Waals surface area contributed by atoms with Crippen molar-refractivity contribution in [3.63, 3.8) is 0 Å². The Kier molecular flexibility index (Phi) is 4.36. The molecule has 5 heteroatoms. The molecular formula is C12H24N4O. The minimum atomic E-state index is 0.0431. The third-order valence-corrected chi connectivity index (χ3v) is 3.66. The van der Waals surface area contributed by atoms with Gasteiger partial charge in [-0.05, 0) is 13.5 Å². The summed E-state index contributed by atoms with van der Waals surface area (Å²) in [5, 5.41) is 6.59. The van der Waals surface area contributed by atoms with Gasteiger partial charge in [-0.3, -0.25) is 15.0 Å². The summed E-state index contributed by atoms with van der Waals surface area (Å²) < 4.78 is 0. The summed E-state index contributed by atoms with van der Waals surface area (Å²) in [5.74, 6) is 0.186. The highest BCUT2D eigenvalue weighted by Gasteiger charge is 2.30. The van der Waals surface area contributed by atoms with E-state index in [1.165, 1.54) is 0 Å². The molecule has 0 aromatic carbocycles. The molecule has 98 valence electrons. The lowest BCUT2D eigenvalue weighted by atomic mass is 10.1. The van der Waals surface area contributed by atoms with Gasteiger partial charge >= 0.3 is 0 Å². The quantitative estimate of drug-likeness (QED) is 0.717. The zero-order valence-electron chi connectivity index (χ0n) is 10.9. The van der Waals surface area contributed by atoms with Gasteiger partial charge in [-0.15, -0.1) is 0 Å². The number of rotatable bonds is 3. The first-order chi connectivity index (χ1) is 8.19. The molecule has 0 aromatic heterocycles. The number of carbonyl (C=O) groups excluding carboxylic acids is 1. The highest BCUT2D eigenvalue weighted by molar-refractivity contribution is 5.77. The number of piperazine rings is 1. The van der Waals surface area contributed by atoms with Crippen molar-refractivity contribution in [1.29, 1.82) is 0 Å². The normalized spacial score (nSPS) is 32.5. The molecule has 2 N–H and O–H groups in total. The smallest absolute Gasteiger partial charge is 0.223 e. The van der Waals surface area contributed by atoms with Gasteiger partial charge in [-0.1, -0.05) is 13.3 Å². The van der Waals surface area contributed by atoms with Crippen molar-refractivity contribution in [2.75, 3.05) is 33.2 Å². The molecule has 2 saturated heterocycles. The van der Waals surface area contributed by atoms with Crippen LogP contribution >= 0.6 is 0 Å². The van der Waals surface area contributed by atoms with Gasteiger partial charge in [-0.2, -0.15) is 0 Å². The third-order valence-electron chi connectivity index (χ3n) is 3.66.